The largest absolute Gasteiger partial charge is 0.494 e. The van der Waals surface area contributed by atoms with Gasteiger partial charge in [0.15, 0.2) is 11.5 Å². The minimum absolute atomic E-state index is 0.166. The average Bonchev–Trinajstić information content (AvgIpc) is 2.84. The lowest BCUT2D eigenvalue weighted by Gasteiger charge is -2.25. The average molecular weight is 333 g/mol. The fourth-order valence-corrected chi connectivity index (χ4v) is 2.71. The number of carbonyl (C=O) groups is 1. The Morgan fingerprint density at radius 3 is 2.54 bits per heavy atom. The number of nitrogens with one attached hydrogen (secondary N) is 1. The summed E-state index contributed by atoms with van der Waals surface area (Å²) >= 11 is 0. The van der Waals surface area contributed by atoms with Crippen LogP contribution in [0.4, 0.5) is 0 Å². The quantitative estimate of drug-likeness (QED) is 0.917. The summed E-state index contributed by atoms with van der Waals surface area (Å²) in [6, 6.07) is 5.64. The van der Waals surface area contributed by atoms with Crippen molar-refractivity contribution in [2.24, 2.45) is 5.92 Å². The first kappa shape index (κ1) is 16.5. The molecule has 0 unspecified atom stereocenters. The maximum atomic E-state index is 12.4. The highest BCUT2D eigenvalue weighted by atomic mass is 16.6. The molecule has 0 radical (unpaired) electrons. The van der Waals surface area contributed by atoms with Crippen molar-refractivity contribution in [1.82, 2.24) is 5.32 Å². The lowest BCUT2D eigenvalue weighted by molar-refractivity contribution is -0.123. The van der Waals surface area contributed by atoms with Gasteiger partial charge in [0.1, 0.15) is 19.5 Å². The number of ether oxygens (including phenoxy) is 4. The normalized spacial score (nSPS) is 17.9. The number of benzene rings is 1. The Kier molecular flexibility index (Phi) is 5.13. The first-order chi connectivity index (χ1) is 11.6. The topological polar surface area (TPSA) is 66.0 Å². The zero-order valence-electron chi connectivity index (χ0n) is 14.0. The summed E-state index contributed by atoms with van der Waals surface area (Å²) in [7, 11) is 0. The predicted octanol–water partition coefficient (Wildman–Crippen LogP) is 2.55. The SMILES string of the molecule is CC(C)[C@H](NC(=O)C1=COCCO1)c1ccc2c(c1)OCCCO2. The molecular weight excluding hydrogens is 310 g/mol. The van der Waals surface area contributed by atoms with Crippen LogP contribution in [-0.2, 0) is 14.3 Å². The van der Waals surface area contributed by atoms with Gasteiger partial charge in [-0.1, -0.05) is 19.9 Å². The predicted molar refractivity (Wildman–Crippen MR) is 87.8 cm³/mol. The molecule has 24 heavy (non-hydrogen) atoms. The van der Waals surface area contributed by atoms with Crippen molar-refractivity contribution in [1.29, 1.82) is 0 Å². The molecule has 1 atom stereocenters. The highest BCUT2D eigenvalue weighted by Crippen LogP contribution is 2.34. The fourth-order valence-electron chi connectivity index (χ4n) is 2.71. The highest BCUT2D eigenvalue weighted by Gasteiger charge is 2.24. The van der Waals surface area contributed by atoms with Crippen molar-refractivity contribution in [2.45, 2.75) is 26.3 Å². The van der Waals surface area contributed by atoms with E-state index >= 15 is 0 Å². The Morgan fingerprint density at radius 2 is 1.83 bits per heavy atom. The van der Waals surface area contributed by atoms with E-state index < -0.39 is 0 Å². The summed E-state index contributed by atoms with van der Waals surface area (Å²) in [5.41, 5.74) is 0.972. The van der Waals surface area contributed by atoms with E-state index in [2.05, 4.69) is 19.2 Å². The van der Waals surface area contributed by atoms with E-state index in [1.165, 1.54) is 6.26 Å². The van der Waals surface area contributed by atoms with Gasteiger partial charge in [-0.2, -0.15) is 0 Å². The Bertz CT molecular complexity index is 626. The summed E-state index contributed by atoms with van der Waals surface area (Å²) in [4.78, 5) is 12.4. The summed E-state index contributed by atoms with van der Waals surface area (Å²) < 4.78 is 21.9. The van der Waals surface area contributed by atoms with Gasteiger partial charge in [-0.15, -0.1) is 0 Å². The number of carbonyl (C=O) groups excluding carboxylic acids is 1. The summed E-state index contributed by atoms with van der Waals surface area (Å²) in [5.74, 6) is 1.60. The second-order valence-corrected chi connectivity index (χ2v) is 6.15. The van der Waals surface area contributed by atoms with Crippen LogP contribution in [0.2, 0.25) is 0 Å². The molecule has 1 aromatic rings. The van der Waals surface area contributed by atoms with E-state index in [4.69, 9.17) is 18.9 Å². The number of fused-ring (bicyclic) bond motifs is 1. The lowest BCUT2D eigenvalue weighted by Crippen LogP contribution is -2.34. The molecule has 0 saturated heterocycles. The van der Waals surface area contributed by atoms with Crippen LogP contribution in [0.15, 0.2) is 30.2 Å². The summed E-state index contributed by atoms with van der Waals surface area (Å²) in [5, 5.41) is 3.02. The van der Waals surface area contributed by atoms with E-state index in [0.717, 1.165) is 23.5 Å². The van der Waals surface area contributed by atoms with E-state index in [-0.39, 0.29) is 23.6 Å². The third kappa shape index (κ3) is 3.75. The maximum Gasteiger partial charge on any atom is 0.290 e. The fraction of sp³-hybridized carbons (Fsp3) is 0.500. The second kappa shape index (κ2) is 7.47. The van der Waals surface area contributed by atoms with Crippen LogP contribution in [-0.4, -0.2) is 32.3 Å². The maximum absolute atomic E-state index is 12.4. The third-order valence-electron chi connectivity index (χ3n) is 3.96. The highest BCUT2D eigenvalue weighted by molar-refractivity contribution is 5.91. The summed E-state index contributed by atoms with van der Waals surface area (Å²) in [6.07, 6.45) is 2.23. The molecule has 130 valence electrons. The van der Waals surface area contributed by atoms with E-state index in [9.17, 15) is 4.79 Å². The van der Waals surface area contributed by atoms with Gasteiger partial charge in [-0.25, -0.2) is 0 Å². The monoisotopic (exact) mass is 333 g/mol. The van der Waals surface area contributed by atoms with Gasteiger partial charge in [0.2, 0.25) is 5.76 Å². The van der Waals surface area contributed by atoms with Crippen LogP contribution in [0.3, 0.4) is 0 Å². The molecule has 0 spiro atoms. The van der Waals surface area contributed by atoms with Gasteiger partial charge in [-0.3, -0.25) is 4.79 Å². The zero-order valence-corrected chi connectivity index (χ0v) is 14.0. The van der Waals surface area contributed by atoms with Crippen molar-refractivity contribution in [3.8, 4) is 11.5 Å². The van der Waals surface area contributed by atoms with Crippen molar-refractivity contribution in [2.75, 3.05) is 26.4 Å². The smallest absolute Gasteiger partial charge is 0.290 e. The van der Waals surface area contributed by atoms with Gasteiger partial charge < -0.3 is 24.3 Å². The Balaban J connectivity index is 1.79. The molecule has 0 aliphatic carbocycles. The number of hydrogen-bond donors (Lipinski definition) is 1. The van der Waals surface area contributed by atoms with Crippen LogP contribution in [0, 0.1) is 5.92 Å². The molecule has 1 N–H and O–H groups in total. The molecule has 1 amide bonds. The molecule has 0 bridgehead atoms. The number of amides is 1. The van der Waals surface area contributed by atoms with Crippen LogP contribution < -0.4 is 14.8 Å². The van der Waals surface area contributed by atoms with Crippen molar-refractivity contribution in [3.05, 3.63) is 35.8 Å². The third-order valence-corrected chi connectivity index (χ3v) is 3.96. The lowest BCUT2D eigenvalue weighted by atomic mass is 9.95. The van der Waals surface area contributed by atoms with Crippen molar-refractivity contribution >= 4 is 5.91 Å². The molecule has 0 aromatic heterocycles. The minimum atomic E-state index is -0.277. The first-order valence-corrected chi connectivity index (χ1v) is 8.30. The van der Waals surface area contributed by atoms with Crippen molar-refractivity contribution < 1.29 is 23.7 Å². The zero-order chi connectivity index (χ0) is 16.9. The molecule has 3 rings (SSSR count). The number of rotatable bonds is 4. The Morgan fingerprint density at radius 1 is 1.04 bits per heavy atom. The molecule has 6 heteroatoms. The standard InChI is InChI=1S/C18H23NO5/c1-12(2)17(19-18(20)16-11-21-8-9-24-16)13-4-5-14-15(10-13)23-7-3-6-22-14/h4-5,10-12,17H,3,6-9H2,1-2H3,(H,19,20)/t17-/m0/s1. The summed E-state index contributed by atoms with van der Waals surface area (Å²) in [6.45, 7) is 6.25. The van der Waals surface area contributed by atoms with Crippen molar-refractivity contribution in [3.63, 3.8) is 0 Å². The molecule has 0 saturated carbocycles. The Hall–Kier alpha value is -2.37. The molecule has 2 heterocycles. The minimum Gasteiger partial charge on any atom is -0.494 e. The molecule has 0 fully saturated rings. The molecule has 1 aromatic carbocycles. The van der Waals surface area contributed by atoms with Gasteiger partial charge in [0, 0.05) is 6.42 Å². The molecule has 2 aliphatic heterocycles. The Labute approximate surface area is 141 Å². The van der Waals surface area contributed by atoms with Gasteiger partial charge in [0.05, 0.1) is 19.3 Å². The van der Waals surface area contributed by atoms with Crippen LogP contribution in [0.5, 0.6) is 11.5 Å². The first-order valence-electron chi connectivity index (χ1n) is 8.30. The van der Waals surface area contributed by atoms with Gasteiger partial charge >= 0.3 is 0 Å². The van der Waals surface area contributed by atoms with Crippen LogP contribution in [0.1, 0.15) is 31.9 Å². The second-order valence-electron chi connectivity index (χ2n) is 6.15. The van der Waals surface area contributed by atoms with E-state index in [1.807, 2.05) is 18.2 Å². The van der Waals surface area contributed by atoms with Crippen LogP contribution >= 0.6 is 0 Å². The molecule has 6 nitrogen and oxygen atoms in total. The number of hydrogen-bond acceptors (Lipinski definition) is 5. The molecular formula is C18H23NO5. The van der Waals surface area contributed by atoms with Gasteiger partial charge in [0.25, 0.3) is 5.91 Å². The molecule has 2 aliphatic rings. The van der Waals surface area contributed by atoms with E-state index in [0.29, 0.717) is 26.4 Å². The van der Waals surface area contributed by atoms with E-state index in [1.54, 1.807) is 0 Å². The van der Waals surface area contributed by atoms with Crippen LogP contribution in [0.25, 0.3) is 0 Å². The van der Waals surface area contributed by atoms with Gasteiger partial charge in [-0.05, 0) is 23.6 Å².